The molecule has 0 radical (unpaired) electrons. The van der Waals surface area contributed by atoms with Crippen LogP contribution in [0.25, 0.3) is 0 Å². The molecule has 1 aromatic rings. The van der Waals surface area contributed by atoms with Crippen molar-refractivity contribution in [1.29, 1.82) is 0 Å². The van der Waals surface area contributed by atoms with Gasteiger partial charge in [-0.25, -0.2) is 8.42 Å². The summed E-state index contributed by atoms with van der Waals surface area (Å²) >= 11 is 0. The topological polar surface area (TPSA) is 87.1 Å². The molecule has 0 spiro atoms. The van der Waals surface area contributed by atoms with Crippen LogP contribution in [0.4, 0.5) is 0 Å². The normalized spacial score (nSPS) is 24.1. The Labute approximate surface area is 118 Å². The first-order chi connectivity index (χ1) is 9.27. The summed E-state index contributed by atoms with van der Waals surface area (Å²) in [5.74, 6) is 0.598. The molecule has 1 aliphatic rings. The molecule has 112 valence electrons. The van der Waals surface area contributed by atoms with Gasteiger partial charge in [0.05, 0.1) is 24.2 Å². The quantitative estimate of drug-likeness (QED) is 0.823. The molecule has 1 aromatic carbocycles. The number of aliphatic hydroxyl groups is 2. The summed E-state index contributed by atoms with van der Waals surface area (Å²) in [4.78, 5) is 0.208. The van der Waals surface area contributed by atoms with Gasteiger partial charge in [-0.3, -0.25) is 0 Å². The highest BCUT2D eigenvalue weighted by atomic mass is 32.2. The third-order valence-electron chi connectivity index (χ3n) is 3.49. The number of benzene rings is 1. The Morgan fingerprint density at radius 1 is 1.15 bits per heavy atom. The Kier molecular flexibility index (Phi) is 4.06. The van der Waals surface area contributed by atoms with Crippen LogP contribution >= 0.6 is 0 Å². The first-order valence-corrected chi connectivity index (χ1v) is 7.73. The second-order valence-corrected chi connectivity index (χ2v) is 6.92. The van der Waals surface area contributed by atoms with Gasteiger partial charge < -0.3 is 14.9 Å². The minimum absolute atomic E-state index is 0.0889. The number of methoxy groups -OCH3 is 1. The number of β-amino-alcohol motifs (C(OH)–C–C–N with tert-alkyl or cyclic N) is 2. The van der Waals surface area contributed by atoms with Crippen molar-refractivity contribution in [3.05, 3.63) is 23.3 Å². The van der Waals surface area contributed by atoms with E-state index in [1.54, 1.807) is 26.0 Å². The molecule has 1 fully saturated rings. The highest BCUT2D eigenvalue weighted by molar-refractivity contribution is 7.89. The van der Waals surface area contributed by atoms with E-state index in [1.165, 1.54) is 7.11 Å². The molecule has 0 bridgehead atoms. The molecular weight excluding hydrogens is 282 g/mol. The summed E-state index contributed by atoms with van der Waals surface area (Å²) in [5, 5.41) is 19.0. The van der Waals surface area contributed by atoms with Crippen LogP contribution < -0.4 is 4.74 Å². The predicted octanol–water partition coefficient (Wildman–Crippen LogP) is 0.0381. The lowest BCUT2D eigenvalue weighted by Crippen LogP contribution is -2.31. The van der Waals surface area contributed by atoms with Gasteiger partial charge in [-0.05, 0) is 37.1 Å². The molecule has 2 unspecified atom stereocenters. The number of nitrogens with zero attached hydrogens (tertiary/aromatic N) is 1. The number of sulfonamides is 1. The number of hydrogen-bond acceptors (Lipinski definition) is 5. The lowest BCUT2D eigenvalue weighted by atomic mass is 10.1. The largest absolute Gasteiger partial charge is 0.497 e. The Morgan fingerprint density at radius 2 is 1.60 bits per heavy atom. The monoisotopic (exact) mass is 301 g/mol. The number of ether oxygens (including phenoxy) is 1. The third-order valence-corrected chi connectivity index (χ3v) is 5.63. The molecule has 0 amide bonds. The summed E-state index contributed by atoms with van der Waals surface area (Å²) in [7, 11) is -2.21. The van der Waals surface area contributed by atoms with E-state index in [0.717, 1.165) is 4.31 Å². The van der Waals surface area contributed by atoms with Gasteiger partial charge in [-0.15, -0.1) is 0 Å². The number of rotatable bonds is 3. The van der Waals surface area contributed by atoms with Crippen LogP contribution in [-0.4, -0.2) is 55.3 Å². The van der Waals surface area contributed by atoms with Crippen LogP contribution in [0.1, 0.15) is 11.1 Å². The third kappa shape index (κ3) is 2.54. The van der Waals surface area contributed by atoms with E-state index in [-0.39, 0.29) is 18.0 Å². The molecule has 1 heterocycles. The van der Waals surface area contributed by atoms with Gasteiger partial charge in [-0.2, -0.15) is 4.31 Å². The van der Waals surface area contributed by atoms with Crippen molar-refractivity contribution in [1.82, 2.24) is 4.31 Å². The number of hydrogen-bond donors (Lipinski definition) is 2. The molecule has 1 saturated heterocycles. The van der Waals surface area contributed by atoms with Crippen LogP contribution in [0.15, 0.2) is 17.0 Å². The average molecular weight is 301 g/mol. The Bertz CT molecular complexity index is 580. The minimum atomic E-state index is -3.73. The van der Waals surface area contributed by atoms with Gasteiger partial charge >= 0.3 is 0 Å². The van der Waals surface area contributed by atoms with Crippen LogP contribution in [0.3, 0.4) is 0 Å². The molecule has 0 aromatic heterocycles. The van der Waals surface area contributed by atoms with E-state index >= 15 is 0 Å². The van der Waals surface area contributed by atoms with Crippen molar-refractivity contribution in [2.75, 3.05) is 20.2 Å². The van der Waals surface area contributed by atoms with Gasteiger partial charge in [0.2, 0.25) is 10.0 Å². The van der Waals surface area contributed by atoms with Crippen LogP contribution in [0.2, 0.25) is 0 Å². The number of aliphatic hydroxyl groups excluding tert-OH is 2. The van der Waals surface area contributed by atoms with Crippen molar-refractivity contribution < 1.29 is 23.4 Å². The maximum absolute atomic E-state index is 12.6. The Balaban J connectivity index is 2.45. The lowest BCUT2D eigenvalue weighted by molar-refractivity contribution is 0.0572. The second kappa shape index (κ2) is 5.33. The molecule has 0 aliphatic carbocycles. The molecule has 2 N–H and O–H groups in total. The van der Waals surface area contributed by atoms with Crippen molar-refractivity contribution in [2.45, 2.75) is 31.0 Å². The molecule has 20 heavy (non-hydrogen) atoms. The molecule has 2 atom stereocenters. The standard InChI is InChI=1S/C13H19NO5S/c1-8-4-10(19-3)5-9(2)13(8)20(17,18)14-6-11(15)12(16)7-14/h4-5,11-12,15-16H,6-7H2,1-3H3. The van der Waals surface area contributed by atoms with Gasteiger partial charge in [0.1, 0.15) is 5.75 Å². The van der Waals surface area contributed by atoms with Gasteiger partial charge in [-0.1, -0.05) is 0 Å². The van der Waals surface area contributed by atoms with E-state index in [9.17, 15) is 18.6 Å². The van der Waals surface area contributed by atoms with Gasteiger partial charge in [0.15, 0.2) is 0 Å². The fourth-order valence-corrected chi connectivity index (χ4v) is 4.38. The van der Waals surface area contributed by atoms with Crippen LogP contribution in [0, 0.1) is 13.8 Å². The van der Waals surface area contributed by atoms with Crippen molar-refractivity contribution in [3.8, 4) is 5.75 Å². The summed E-state index contributed by atoms with van der Waals surface area (Å²) in [6.45, 7) is 3.22. The fraction of sp³-hybridized carbons (Fsp3) is 0.538. The highest BCUT2D eigenvalue weighted by Gasteiger charge is 2.38. The zero-order valence-corrected chi connectivity index (χ0v) is 12.5. The molecule has 1 aliphatic heterocycles. The summed E-state index contributed by atoms with van der Waals surface area (Å²) in [5.41, 5.74) is 1.16. The van der Waals surface area contributed by atoms with E-state index in [4.69, 9.17) is 4.74 Å². The van der Waals surface area contributed by atoms with Crippen molar-refractivity contribution in [3.63, 3.8) is 0 Å². The highest BCUT2D eigenvalue weighted by Crippen LogP contribution is 2.30. The SMILES string of the molecule is COc1cc(C)c(S(=O)(=O)N2CC(O)C(O)C2)c(C)c1. The maximum Gasteiger partial charge on any atom is 0.243 e. The fourth-order valence-electron chi connectivity index (χ4n) is 2.50. The first kappa shape index (κ1) is 15.2. The molecule has 0 saturated carbocycles. The van der Waals surface area contributed by atoms with Gasteiger partial charge in [0.25, 0.3) is 0 Å². The maximum atomic E-state index is 12.6. The molecular formula is C13H19NO5S. The zero-order valence-electron chi connectivity index (χ0n) is 11.7. The van der Waals surface area contributed by atoms with E-state index in [2.05, 4.69) is 0 Å². The Hall–Kier alpha value is -1.15. The minimum Gasteiger partial charge on any atom is -0.497 e. The van der Waals surface area contributed by atoms with Crippen LogP contribution in [-0.2, 0) is 10.0 Å². The average Bonchev–Trinajstić information content (AvgIpc) is 2.69. The first-order valence-electron chi connectivity index (χ1n) is 6.29. The number of aryl methyl sites for hydroxylation is 2. The predicted molar refractivity (Wildman–Crippen MR) is 73.2 cm³/mol. The second-order valence-electron chi connectivity index (χ2n) is 5.05. The Morgan fingerprint density at radius 3 is 2.00 bits per heavy atom. The molecule has 7 heteroatoms. The van der Waals surface area contributed by atoms with Crippen LogP contribution in [0.5, 0.6) is 5.75 Å². The summed E-state index contributed by atoms with van der Waals surface area (Å²) in [6.07, 6.45) is -2.08. The summed E-state index contributed by atoms with van der Waals surface area (Å²) < 4.78 is 31.5. The van der Waals surface area contributed by atoms with Gasteiger partial charge in [0, 0.05) is 13.1 Å². The smallest absolute Gasteiger partial charge is 0.243 e. The molecule has 2 rings (SSSR count). The van der Waals surface area contributed by atoms with Crippen molar-refractivity contribution in [2.24, 2.45) is 0 Å². The van der Waals surface area contributed by atoms with E-state index in [0.29, 0.717) is 16.9 Å². The lowest BCUT2D eigenvalue weighted by Gasteiger charge is -2.19. The summed E-state index contributed by atoms with van der Waals surface area (Å²) in [6, 6.07) is 3.31. The van der Waals surface area contributed by atoms with E-state index in [1.807, 2.05) is 0 Å². The van der Waals surface area contributed by atoms with Crippen molar-refractivity contribution >= 4 is 10.0 Å². The zero-order chi connectivity index (χ0) is 15.1. The molecule has 6 nitrogen and oxygen atoms in total. The van der Waals surface area contributed by atoms with E-state index < -0.39 is 22.2 Å².